The summed E-state index contributed by atoms with van der Waals surface area (Å²) in [4.78, 5) is 11.6. The van der Waals surface area contributed by atoms with Gasteiger partial charge in [-0.1, -0.05) is 6.07 Å². The number of carboxylic acids is 1. The first kappa shape index (κ1) is 12.9. The maximum Gasteiger partial charge on any atom is 0.303 e. The van der Waals surface area contributed by atoms with Crippen LogP contribution in [-0.2, 0) is 11.2 Å². The molecule has 0 unspecified atom stereocenters. The Morgan fingerprint density at radius 1 is 1.50 bits per heavy atom. The van der Waals surface area contributed by atoms with E-state index in [0.717, 1.165) is 22.6 Å². The van der Waals surface area contributed by atoms with Gasteiger partial charge in [-0.25, -0.2) is 0 Å². The van der Waals surface area contributed by atoms with E-state index in [-0.39, 0.29) is 6.42 Å². The average Bonchev–Trinajstić information content (AvgIpc) is 2.28. The predicted octanol–water partition coefficient (Wildman–Crippen LogP) is 2.82. The summed E-state index contributed by atoms with van der Waals surface area (Å²) >= 11 is 1.66. The quantitative estimate of drug-likeness (QED) is 0.777. The minimum absolute atomic E-state index is 0.200. The summed E-state index contributed by atoms with van der Waals surface area (Å²) in [5.74, 6) is 0.0952. The summed E-state index contributed by atoms with van der Waals surface area (Å²) < 4.78 is 5.28. The third kappa shape index (κ3) is 3.45. The Hall–Kier alpha value is -1.16. The number of hydrogen-bond donors (Lipinski definition) is 1. The van der Waals surface area contributed by atoms with E-state index in [9.17, 15) is 4.79 Å². The molecule has 0 bridgehead atoms. The summed E-state index contributed by atoms with van der Waals surface area (Å²) in [6.45, 7) is 0. The van der Waals surface area contributed by atoms with E-state index in [2.05, 4.69) is 0 Å². The van der Waals surface area contributed by atoms with Crippen LogP contribution in [0, 0.1) is 0 Å². The molecule has 0 aliphatic carbocycles. The van der Waals surface area contributed by atoms with Crippen LogP contribution in [0.4, 0.5) is 0 Å². The summed E-state index contributed by atoms with van der Waals surface area (Å²) in [6, 6.07) is 5.89. The molecule has 0 fully saturated rings. The van der Waals surface area contributed by atoms with Gasteiger partial charge < -0.3 is 9.84 Å². The molecular formula is C12H16O3S. The minimum Gasteiger partial charge on any atom is -0.496 e. The lowest BCUT2D eigenvalue weighted by molar-refractivity contribution is -0.137. The summed E-state index contributed by atoms with van der Waals surface area (Å²) in [6.07, 6.45) is 3.59. The number of methoxy groups -OCH3 is 1. The van der Waals surface area contributed by atoms with Gasteiger partial charge in [-0.05, 0) is 31.2 Å². The molecule has 1 aromatic rings. The van der Waals surface area contributed by atoms with E-state index in [1.165, 1.54) is 0 Å². The molecule has 0 heterocycles. The third-order valence-electron chi connectivity index (χ3n) is 2.35. The van der Waals surface area contributed by atoms with Crippen molar-refractivity contribution in [2.45, 2.75) is 24.2 Å². The molecule has 1 N–H and O–H groups in total. The van der Waals surface area contributed by atoms with Gasteiger partial charge in [0.25, 0.3) is 0 Å². The van der Waals surface area contributed by atoms with Gasteiger partial charge in [-0.3, -0.25) is 4.79 Å². The van der Waals surface area contributed by atoms with Crippen LogP contribution >= 0.6 is 11.8 Å². The van der Waals surface area contributed by atoms with Crippen molar-refractivity contribution in [1.29, 1.82) is 0 Å². The molecule has 0 aromatic heterocycles. The van der Waals surface area contributed by atoms with Gasteiger partial charge in [-0.15, -0.1) is 11.8 Å². The number of ether oxygens (including phenoxy) is 1. The van der Waals surface area contributed by atoms with Crippen LogP contribution in [0.25, 0.3) is 0 Å². The Bertz CT molecular complexity index is 341. The molecule has 1 rings (SSSR count). The van der Waals surface area contributed by atoms with Crippen LogP contribution in [0.3, 0.4) is 0 Å². The van der Waals surface area contributed by atoms with Gasteiger partial charge in [0.2, 0.25) is 0 Å². The topological polar surface area (TPSA) is 46.5 Å². The fourth-order valence-electron chi connectivity index (χ4n) is 1.59. The van der Waals surface area contributed by atoms with Crippen LogP contribution in [-0.4, -0.2) is 24.4 Å². The minimum atomic E-state index is -0.749. The van der Waals surface area contributed by atoms with Crippen LogP contribution in [0.15, 0.2) is 23.1 Å². The molecule has 0 saturated heterocycles. The van der Waals surface area contributed by atoms with Gasteiger partial charge in [0.15, 0.2) is 0 Å². The van der Waals surface area contributed by atoms with E-state index in [1.54, 1.807) is 18.9 Å². The zero-order valence-electron chi connectivity index (χ0n) is 9.53. The second kappa shape index (κ2) is 6.43. The molecule has 0 aliphatic rings. The Labute approximate surface area is 99.8 Å². The van der Waals surface area contributed by atoms with Crippen molar-refractivity contribution >= 4 is 17.7 Å². The number of rotatable bonds is 6. The van der Waals surface area contributed by atoms with Gasteiger partial charge in [-0.2, -0.15) is 0 Å². The lowest BCUT2D eigenvalue weighted by atomic mass is 10.1. The molecule has 4 heteroatoms. The van der Waals surface area contributed by atoms with Crippen LogP contribution in [0.1, 0.15) is 18.4 Å². The van der Waals surface area contributed by atoms with E-state index < -0.39 is 5.97 Å². The molecule has 0 radical (unpaired) electrons. The predicted molar refractivity (Wildman–Crippen MR) is 65.3 cm³/mol. The van der Waals surface area contributed by atoms with Gasteiger partial charge >= 0.3 is 5.97 Å². The van der Waals surface area contributed by atoms with Gasteiger partial charge in [0.05, 0.1) is 7.11 Å². The zero-order chi connectivity index (χ0) is 12.0. The summed E-state index contributed by atoms with van der Waals surface area (Å²) in [7, 11) is 1.64. The highest BCUT2D eigenvalue weighted by atomic mass is 32.2. The molecular weight excluding hydrogens is 224 g/mol. The average molecular weight is 240 g/mol. The molecule has 0 saturated carbocycles. The highest BCUT2D eigenvalue weighted by molar-refractivity contribution is 7.98. The Morgan fingerprint density at radius 2 is 2.25 bits per heavy atom. The molecule has 0 amide bonds. The fraction of sp³-hybridized carbons (Fsp3) is 0.417. The smallest absolute Gasteiger partial charge is 0.303 e. The molecule has 1 aromatic carbocycles. The molecule has 3 nitrogen and oxygen atoms in total. The van der Waals surface area contributed by atoms with E-state index >= 15 is 0 Å². The zero-order valence-corrected chi connectivity index (χ0v) is 10.3. The van der Waals surface area contributed by atoms with E-state index in [0.29, 0.717) is 6.42 Å². The van der Waals surface area contributed by atoms with Crippen LogP contribution in [0.5, 0.6) is 5.75 Å². The van der Waals surface area contributed by atoms with Crippen molar-refractivity contribution in [2.75, 3.05) is 13.4 Å². The number of hydrogen-bond acceptors (Lipinski definition) is 3. The second-order valence-corrected chi connectivity index (χ2v) is 4.24. The van der Waals surface area contributed by atoms with Crippen molar-refractivity contribution in [3.8, 4) is 5.75 Å². The van der Waals surface area contributed by atoms with Crippen molar-refractivity contribution < 1.29 is 14.6 Å². The highest BCUT2D eigenvalue weighted by Crippen LogP contribution is 2.29. The van der Waals surface area contributed by atoms with Crippen LogP contribution in [0.2, 0.25) is 0 Å². The number of thioether (sulfide) groups is 1. The monoisotopic (exact) mass is 240 g/mol. The number of benzene rings is 1. The van der Waals surface area contributed by atoms with Crippen molar-refractivity contribution in [3.63, 3.8) is 0 Å². The standard InChI is InChI=1S/C12H16O3S/c1-15-10-6-4-7-11(16-2)9(10)5-3-8-12(13)14/h4,6-7H,3,5,8H2,1-2H3,(H,13,14). The largest absolute Gasteiger partial charge is 0.496 e. The van der Waals surface area contributed by atoms with Crippen molar-refractivity contribution in [3.05, 3.63) is 23.8 Å². The third-order valence-corrected chi connectivity index (χ3v) is 3.17. The summed E-state index contributed by atoms with van der Waals surface area (Å²) in [5.41, 5.74) is 1.11. The lowest BCUT2D eigenvalue weighted by Gasteiger charge is -2.11. The van der Waals surface area contributed by atoms with Gasteiger partial charge in [0.1, 0.15) is 5.75 Å². The van der Waals surface area contributed by atoms with E-state index in [1.807, 2.05) is 24.5 Å². The maximum absolute atomic E-state index is 10.5. The first-order valence-electron chi connectivity index (χ1n) is 5.10. The molecule has 16 heavy (non-hydrogen) atoms. The number of carbonyl (C=O) groups is 1. The van der Waals surface area contributed by atoms with Crippen molar-refractivity contribution in [1.82, 2.24) is 0 Å². The fourth-order valence-corrected chi connectivity index (χ4v) is 2.25. The van der Waals surface area contributed by atoms with Crippen molar-refractivity contribution in [2.24, 2.45) is 0 Å². The lowest BCUT2D eigenvalue weighted by Crippen LogP contribution is -1.99. The summed E-state index contributed by atoms with van der Waals surface area (Å²) in [5, 5.41) is 8.61. The molecule has 0 atom stereocenters. The second-order valence-electron chi connectivity index (χ2n) is 3.39. The molecule has 88 valence electrons. The van der Waals surface area contributed by atoms with Crippen LogP contribution < -0.4 is 4.74 Å². The maximum atomic E-state index is 10.5. The SMILES string of the molecule is COc1cccc(SC)c1CCCC(=O)O. The Kier molecular flexibility index (Phi) is 5.19. The number of carboxylic acid groups (broad SMARTS) is 1. The normalized spacial score (nSPS) is 10.1. The Balaban J connectivity index is 2.78. The van der Waals surface area contributed by atoms with E-state index in [4.69, 9.17) is 9.84 Å². The highest BCUT2D eigenvalue weighted by Gasteiger charge is 2.08. The first-order valence-corrected chi connectivity index (χ1v) is 6.33. The number of aliphatic carboxylic acids is 1. The molecule has 0 spiro atoms. The first-order chi connectivity index (χ1) is 7.69. The van der Waals surface area contributed by atoms with Gasteiger partial charge in [0, 0.05) is 16.9 Å². The Morgan fingerprint density at radius 3 is 2.81 bits per heavy atom. The molecule has 0 aliphatic heterocycles.